The zero-order valence-electron chi connectivity index (χ0n) is 3.83. The van der Waals surface area contributed by atoms with E-state index in [0.717, 1.165) is 0 Å². The fourth-order valence-corrected chi connectivity index (χ4v) is 0.376. The first-order valence-electron chi connectivity index (χ1n) is 2.05. The van der Waals surface area contributed by atoms with Crippen LogP contribution >= 0.6 is 0 Å². The number of nitrogen functional groups attached to an aromatic ring is 1. The van der Waals surface area contributed by atoms with Gasteiger partial charge in [0, 0.05) is 0 Å². The van der Waals surface area contributed by atoms with Crippen LogP contribution < -0.4 is 5.73 Å². The van der Waals surface area contributed by atoms with Gasteiger partial charge in [0.2, 0.25) is 0 Å². The van der Waals surface area contributed by atoms with Crippen LogP contribution in [0.25, 0.3) is 0 Å². The van der Waals surface area contributed by atoms with Crippen molar-refractivity contribution in [2.45, 2.75) is 0 Å². The van der Waals surface area contributed by atoms with E-state index < -0.39 is 0 Å². The van der Waals surface area contributed by atoms with E-state index in [-0.39, 0.29) is 0 Å². The number of rotatable bonds is 0. The van der Waals surface area contributed by atoms with Gasteiger partial charge < -0.3 is 0 Å². The van der Waals surface area contributed by atoms with E-state index in [2.05, 4.69) is 4.98 Å². The SMILES string of the molecule is Nc1bccnc1. The third kappa shape index (κ3) is 0.997. The topological polar surface area (TPSA) is 38.9 Å². The molecule has 0 atom stereocenters. The van der Waals surface area contributed by atoms with Gasteiger partial charge in [-0.15, -0.1) is 0 Å². The van der Waals surface area contributed by atoms with Crippen LogP contribution in [-0.4, -0.2) is 11.9 Å². The van der Waals surface area contributed by atoms with E-state index in [1.165, 1.54) is 0 Å². The summed E-state index contributed by atoms with van der Waals surface area (Å²) in [5, 5.41) is 0. The van der Waals surface area contributed by atoms with Gasteiger partial charge in [-0.3, -0.25) is 0 Å². The van der Waals surface area contributed by atoms with Crippen LogP contribution in [0.2, 0.25) is 0 Å². The van der Waals surface area contributed by atoms with Crippen molar-refractivity contribution in [3.8, 4) is 0 Å². The Balaban J connectivity index is 3.02. The van der Waals surface area contributed by atoms with E-state index in [9.17, 15) is 0 Å². The number of hydrogen-bond donors (Lipinski definition) is 1. The van der Waals surface area contributed by atoms with Crippen LogP contribution in [0.1, 0.15) is 0 Å². The van der Waals surface area contributed by atoms with Gasteiger partial charge in [-0.25, -0.2) is 0 Å². The minimum absolute atomic E-state index is 0.711. The van der Waals surface area contributed by atoms with Gasteiger partial charge in [0.05, 0.1) is 0 Å². The molecule has 2 nitrogen and oxygen atoms in total. The molecule has 0 aromatic carbocycles. The van der Waals surface area contributed by atoms with Crippen molar-refractivity contribution in [3.63, 3.8) is 0 Å². The third-order valence-electron chi connectivity index (χ3n) is 0.684. The molecule has 1 aromatic rings. The molecule has 0 unspecified atom stereocenters. The molecule has 0 aliphatic heterocycles. The molecule has 0 bridgehead atoms. The normalized spacial score (nSPS) is 8.00. The molecule has 1 heterocycles. The number of hydrogen-bond acceptors (Lipinski definition) is 2. The summed E-state index contributed by atoms with van der Waals surface area (Å²) in [6, 6.07) is 0. The summed E-state index contributed by atoms with van der Waals surface area (Å²) >= 11 is 0. The van der Waals surface area contributed by atoms with Gasteiger partial charge in [0.25, 0.3) is 0 Å². The predicted octanol–water partition coefficient (Wildman–Crippen LogP) is 0.00190. The second-order valence-corrected chi connectivity index (χ2v) is 1.29. The Morgan fingerprint density at radius 2 is 2.57 bits per heavy atom. The van der Waals surface area contributed by atoms with Crippen molar-refractivity contribution in [2.75, 3.05) is 5.73 Å². The maximum atomic E-state index is 5.30. The second kappa shape index (κ2) is 1.73. The summed E-state index contributed by atoms with van der Waals surface area (Å²) in [5.41, 5.74) is 6.01. The van der Waals surface area contributed by atoms with E-state index in [1.807, 2.05) is 0 Å². The van der Waals surface area contributed by atoms with E-state index in [0.29, 0.717) is 5.58 Å². The molecule has 0 spiro atoms. The molecule has 3 heteroatoms. The Bertz CT molecular complexity index is 140. The fourth-order valence-electron chi connectivity index (χ4n) is 0.376. The van der Waals surface area contributed by atoms with Gasteiger partial charge in [0.15, 0.2) is 0 Å². The maximum absolute atomic E-state index is 5.30. The molecule has 1 aromatic heterocycles. The van der Waals surface area contributed by atoms with Gasteiger partial charge in [-0.05, 0) is 0 Å². The van der Waals surface area contributed by atoms with Crippen LogP contribution in [0.15, 0.2) is 18.4 Å². The van der Waals surface area contributed by atoms with Crippen LogP contribution in [0, 0.1) is 0 Å². The molecule has 0 saturated carbocycles. The molecule has 1 rings (SSSR count). The first kappa shape index (κ1) is 4.31. The number of nitrogens with two attached hydrogens (primary N) is 1. The minimum atomic E-state index is 0.711. The summed E-state index contributed by atoms with van der Waals surface area (Å²) < 4.78 is 0. The summed E-state index contributed by atoms with van der Waals surface area (Å²) in [4.78, 5) is 3.76. The van der Waals surface area contributed by atoms with E-state index in [4.69, 9.17) is 5.73 Å². The quantitative estimate of drug-likeness (QED) is 0.489. The molecule has 0 radical (unpaired) electrons. The average Bonchev–Trinajstić information content (AvgIpc) is 1.69. The molecule has 0 fully saturated rings. The van der Waals surface area contributed by atoms with Gasteiger partial charge >= 0.3 is 41.6 Å². The monoisotopic (exact) mass is 92.1 g/mol. The Morgan fingerprint density at radius 3 is 2.86 bits per heavy atom. The van der Waals surface area contributed by atoms with Crippen LogP contribution in [0.4, 0.5) is 5.58 Å². The first-order valence-corrected chi connectivity index (χ1v) is 2.05. The molecule has 34 valence electrons. The third-order valence-corrected chi connectivity index (χ3v) is 0.684. The van der Waals surface area contributed by atoms with Crippen molar-refractivity contribution in [1.82, 2.24) is 4.98 Å². The number of aromatic nitrogens is 1. The number of nitrogens with zero attached hydrogens (tertiary/aromatic N) is 1. The molecule has 2 N–H and O–H groups in total. The molecular formula is C4H5BN2. The fraction of sp³-hybridized carbons (Fsp3) is 0. The zero-order chi connectivity index (χ0) is 5.11. The Hall–Kier alpha value is -0.855. The van der Waals surface area contributed by atoms with E-state index >= 15 is 0 Å². The predicted molar refractivity (Wildman–Crippen MR) is 30.0 cm³/mol. The second-order valence-electron chi connectivity index (χ2n) is 1.29. The van der Waals surface area contributed by atoms with Crippen molar-refractivity contribution >= 4 is 12.5 Å². The number of anilines is 1. The summed E-state index contributed by atoms with van der Waals surface area (Å²) in [7, 11) is 0. The standard InChI is InChI=1S/C4H5BN2/c6-4-3-7-2-1-5-4/h1-3H,6H2. The van der Waals surface area contributed by atoms with Crippen LogP contribution in [0.3, 0.4) is 0 Å². The van der Waals surface area contributed by atoms with E-state index in [1.54, 1.807) is 25.3 Å². The molecule has 0 aliphatic rings. The molecule has 0 amide bonds. The van der Waals surface area contributed by atoms with Gasteiger partial charge in [0.1, 0.15) is 0 Å². The molecular weight excluding hydrogens is 86.9 g/mol. The van der Waals surface area contributed by atoms with Gasteiger partial charge in [-0.1, -0.05) is 0 Å². The van der Waals surface area contributed by atoms with Crippen molar-refractivity contribution in [2.24, 2.45) is 0 Å². The van der Waals surface area contributed by atoms with Crippen molar-refractivity contribution in [3.05, 3.63) is 18.4 Å². The summed E-state index contributed by atoms with van der Waals surface area (Å²) in [6.07, 6.45) is 3.30. The first-order chi connectivity index (χ1) is 3.39. The summed E-state index contributed by atoms with van der Waals surface area (Å²) in [6.45, 7) is 1.80. The summed E-state index contributed by atoms with van der Waals surface area (Å²) in [5.74, 6) is 1.80. The zero-order valence-corrected chi connectivity index (χ0v) is 3.83. The Labute approximate surface area is 42.6 Å². The van der Waals surface area contributed by atoms with Crippen molar-refractivity contribution < 1.29 is 0 Å². The molecule has 0 saturated heterocycles. The Kier molecular flexibility index (Phi) is 1.07. The molecule has 0 aliphatic carbocycles. The van der Waals surface area contributed by atoms with Gasteiger partial charge in [-0.2, -0.15) is 0 Å². The van der Waals surface area contributed by atoms with Crippen molar-refractivity contribution in [1.29, 1.82) is 0 Å². The average molecular weight is 91.9 g/mol. The molecule has 7 heavy (non-hydrogen) atoms. The van der Waals surface area contributed by atoms with Crippen LogP contribution in [-0.2, 0) is 0 Å². The van der Waals surface area contributed by atoms with Crippen LogP contribution in [0.5, 0.6) is 0 Å². The Morgan fingerprint density at radius 1 is 1.71 bits per heavy atom.